The summed E-state index contributed by atoms with van der Waals surface area (Å²) in [5, 5.41) is 2.79. The lowest BCUT2D eigenvalue weighted by Crippen LogP contribution is -2.44. The Kier molecular flexibility index (Phi) is 5.31. The van der Waals surface area contributed by atoms with Crippen LogP contribution in [0.3, 0.4) is 0 Å². The van der Waals surface area contributed by atoms with Crippen molar-refractivity contribution in [2.45, 2.75) is 19.4 Å². The van der Waals surface area contributed by atoms with Crippen molar-refractivity contribution in [2.24, 2.45) is 0 Å². The zero-order chi connectivity index (χ0) is 18.5. The normalized spacial score (nSPS) is 13.3. The average Bonchev–Trinajstić information content (AvgIpc) is 2.66. The van der Waals surface area contributed by atoms with E-state index in [4.69, 9.17) is 4.74 Å². The van der Waals surface area contributed by atoms with Crippen LogP contribution in [0.2, 0.25) is 0 Å². The van der Waals surface area contributed by atoms with E-state index in [9.17, 15) is 14.4 Å². The van der Waals surface area contributed by atoms with Crippen LogP contribution >= 0.6 is 0 Å². The number of carbonyl (C=O) groups is 3. The number of hydrogen-bond acceptors (Lipinski definition) is 4. The molecule has 134 valence electrons. The maximum Gasteiger partial charge on any atom is 0.260 e. The molecular formula is C20H20N2O4. The first-order valence-corrected chi connectivity index (χ1v) is 8.40. The topological polar surface area (TPSA) is 75.7 Å². The predicted octanol–water partition coefficient (Wildman–Crippen LogP) is 1.93. The van der Waals surface area contributed by atoms with Gasteiger partial charge in [-0.15, -0.1) is 0 Å². The number of fused-ring (bicyclic) bond motifs is 1. The standard InChI is InChI=1S/C20H20N2O4/c1-26-16-7-4-5-14(11-16)13-21-18(23)9-10-22-19(24)12-15-6-2-3-8-17(15)20(22)25/h2-8,11H,9-10,12-13H2,1H3,(H,21,23). The lowest BCUT2D eigenvalue weighted by molar-refractivity contribution is -0.129. The van der Waals surface area contributed by atoms with Gasteiger partial charge in [-0.25, -0.2) is 0 Å². The summed E-state index contributed by atoms with van der Waals surface area (Å²) in [6.07, 6.45) is 0.261. The number of imide groups is 1. The van der Waals surface area contributed by atoms with Gasteiger partial charge >= 0.3 is 0 Å². The van der Waals surface area contributed by atoms with Crippen LogP contribution < -0.4 is 10.1 Å². The molecule has 1 heterocycles. The second-order valence-corrected chi connectivity index (χ2v) is 6.06. The third-order valence-electron chi connectivity index (χ3n) is 4.32. The molecule has 0 bridgehead atoms. The fourth-order valence-corrected chi connectivity index (χ4v) is 2.91. The molecule has 0 saturated heterocycles. The molecule has 0 saturated carbocycles. The lowest BCUT2D eigenvalue weighted by atomic mass is 9.98. The maximum absolute atomic E-state index is 12.4. The van der Waals surface area contributed by atoms with Crippen molar-refractivity contribution in [3.8, 4) is 5.75 Å². The van der Waals surface area contributed by atoms with Crippen molar-refractivity contribution in [1.29, 1.82) is 0 Å². The highest BCUT2D eigenvalue weighted by Gasteiger charge is 2.30. The minimum Gasteiger partial charge on any atom is -0.497 e. The largest absolute Gasteiger partial charge is 0.497 e. The van der Waals surface area contributed by atoms with Gasteiger partial charge in [0.05, 0.1) is 13.5 Å². The molecule has 2 aromatic rings. The molecule has 6 heteroatoms. The Morgan fingerprint density at radius 3 is 2.77 bits per heavy atom. The number of ether oxygens (including phenoxy) is 1. The molecule has 1 N–H and O–H groups in total. The van der Waals surface area contributed by atoms with Gasteiger partial charge in [0.25, 0.3) is 5.91 Å². The summed E-state index contributed by atoms with van der Waals surface area (Å²) in [5.74, 6) is -0.0982. The fourth-order valence-electron chi connectivity index (χ4n) is 2.91. The Morgan fingerprint density at radius 2 is 1.96 bits per heavy atom. The van der Waals surface area contributed by atoms with Crippen LogP contribution in [-0.2, 0) is 22.6 Å². The summed E-state index contributed by atoms with van der Waals surface area (Å²) >= 11 is 0. The summed E-state index contributed by atoms with van der Waals surface area (Å²) in [6, 6.07) is 14.5. The predicted molar refractivity (Wildman–Crippen MR) is 95.6 cm³/mol. The second kappa shape index (κ2) is 7.82. The first-order chi connectivity index (χ1) is 12.6. The summed E-state index contributed by atoms with van der Waals surface area (Å²) in [6.45, 7) is 0.441. The smallest absolute Gasteiger partial charge is 0.260 e. The molecule has 3 amide bonds. The van der Waals surface area contributed by atoms with Crippen LogP contribution in [-0.4, -0.2) is 36.3 Å². The molecule has 0 unspecified atom stereocenters. The molecule has 3 rings (SSSR count). The molecule has 0 fully saturated rings. The number of methoxy groups -OCH3 is 1. The SMILES string of the molecule is COc1cccc(CNC(=O)CCN2C(=O)Cc3ccccc3C2=O)c1. The third-order valence-corrected chi connectivity index (χ3v) is 4.32. The van der Waals surface area contributed by atoms with Crippen molar-refractivity contribution < 1.29 is 19.1 Å². The Labute approximate surface area is 151 Å². The van der Waals surface area contributed by atoms with E-state index >= 15 is 0 Å². The number of amides is 3. The molecule has 1 aliphatic rings. The second-order valence-electron chi connectivity index (χ2n) is 6.06. The first-order valence-electron chi connectivity index (χ1n) is 8.40. The van der Waals surface area contributed by atoms with Gasteiger partial charge in [-0.05, 0) is 29.3 Å². The van der Waals surface area contributed by atoms with Crippen LogP contribution in [0.1, 0.15) is 27.9 Å². The van der Waals surface area contributed by atoms with Crippen LogP contribution in [0, 0.1) is 0 Å². The van der Waals surface area contributed by atoms with Crippen molar-refractivity contribution >= 4 is 17.7 Å². The molecular weight excluding hydrogens is 332 g/mol. The van der Waals surface area contributed by atoms with Gasteiger partial charge in [0.15, 0.2) is 0 Å². The van der Waals surface area contributed by atoms with Gasteiger partial charge in [0.2, 0.25) is 11.8 Å². The Morgan fingerprint density at radius 1 is 1.15 bits per heavy atom. The van der Waals surface area contributed by atoms with Gasteiger partial charge in [0, 0.05) is 25.1 Å². The van der Waals surface area contributed by atoms with E-state index in [-0.39, 0.29) is 37.1 Å². The van der Waals surface area contributed by atoms with Crippen molar-refractivity contribution in [3.05, 3.63) is 65.2 Å². The summed E-state index contributed by atoms with van der Waals surface area (Å²) in [4.78, 5) is 37.9. The van der Waals surface area contributed by atoms with Gasteiger partial charge in [-0.1, -0.05) is 30.3 Å². The number of rotatable bonds is 6. The van der Waals surface area contributed by atoms with E-state index in [1.165, 1.54) is 0 Å². The van der Waals surface area contributed by atoms with Gasteiger partial charge in [-0.2, -0.15) is 0 Å². The number of hydrogen-bond donors (Lipinski definition) is 1. The fraction of sp³-hybridized carbons (Fsp3) is 0.250. The zero-order valence-electron chi connectivity index (χ0n) is 14.5. The van der Waals surface area contributed by atoms with Crippen molar-refractivity contribution in [1.82, 2.24) is 10.2 Å². The Bertz CT molecular complexity index is 847. The molecule has 26 heavy (non-hydrogen) atoms. The highest BCUT2D eigenvalue weighted by atomic mass is 16.5. The van der Waals surface area contributed by atoms with Gasteiger partial charge < -0.3 is 10.1 Å². The van der Waals surface area contributed by atoms with Crippen LogP contribution in [0.5, 0.6) is 5.75 Å². The van der Waals surface area contributed by atoms with E-state index in [1.807, 2.05) is 24.3 Å². The minimum atomic E-state index is -0.336. The highest BCUT2D eigenvalue weighted by Crippen LogP contribution is 2.19. The van der Waals surface area contributed by atoms with Crippen LogP contribution in [0.15, 0.2) is 48.5 Å². The summed E-state index contributed by atoms with van der Waals surface area (Å²) in [7, 11) is 1.59. The van der Waals surface area contributed by atoms with E-state index in [0.29, 0.717) is 12.1 Å². The quantitative estimate of drug-likeness (QED) is 0.806. The molecule has 6 nitrogen and oxygen atoms in total. The number of carbonyl (C=O) groups excluding carboxylic acids is 3. The van der Waals surface area contributed by atoms with Crippen LogP contribution in [0.4, 0.5) is 0 Å². The molecule has 0 radical (unpaired) electrons. The van der Waals surface area contributed by atoms with Gasteiger partial charge in [0.1, 0.15) is 5.75 Å². The van der Waals surface area contributed by atoms with Crippen molar-refractivity contribution in [3.63, 3.8) is 0 Å². The van der Waals surface area contributed by atoms with Crippen molar-refractivity contribution in [2.75, 3.05) is 13.7 Å². The van der Waals surface area contributed by atoms with E-state index in [2.05, 4.69) is 5.32 Å². The van der Waals surface area contributed by atoms with E-state index in [1.54, 1.807) is 31.4 Å². The molecule has 0 atom stereocenters. The Hall–Kier alpha value is -3.15. The van der Waals surface area contributed by atoms with Crippen LogP contribution in [0.25, 0.3) is 0 Å². The maximum atomic E-state index is 12.4. The number of nitrogens with one attached hydrogen (secondary N) is 1. The average molecular weight is 352 g/mol. The molecule has 2 aromatic carbocycles. The molecule has 1 aliphatic heterocycles. The zero-order valence-corrected chi connectivity index (χ0v) is 14.5. The highest BCUT2D eigenvalue weighted by molar-refractivity contribution is 6.09. The molecule has 0 aromatic heterocycles. The molecule has 0 spiro atoms. The van der Waals surface area contributed by atoms with E-state index < -0.39 is 0 Å². The number of benzene rings is 2. The minimum absolute atomic E-state index is 0.0730. The lowest BCUT2D eigenvalue weighted by Gasteiger charge is -2.26. The first kappa shape index (κ1) is 17.7. The summed E-state index contributed by atoms with van der Waals surface area (Å²) in [5.41, 5.74) is 2.18. The summed E-state index contributed by atoms with van der Waals surface area (Å²) < 4.78 is 5.15. The monoisotopic (exact) mass is 352 g/mol. The van der Waals surface area contributed by atoms with Gasteiger partial charge in [-0.3, -0.25) is 19.3 Å². The number of nitrogens with zero attached hydrogens (tertiary/aromatic N) is 1. The Balaban J connectivity index is 1.54. The third kappa shape index (κ3) is 3.91. The molecule has 0 aliphatic carbocycles. The van der Waals surface area contributed by atoms with E-state index in [0.717, 1.165) is 21.8 Å².